The van der Waals surface area contributed by atoms with E-state index in [0.29, 0.717) is 6.07 Å². The van der Waals surface area contributed by atoms with Crippen molar-refractivity contribution in [3.8, 4) is 0 Å². The molecule has 0 saturated carbocycles. The predicted molar refractivity (Wildman–Crippen MR) is 52.2 cm³/mol. The normalized spacial score (nSPS) is 12.9. The van der Waals surface area contributed by atoms with Gasteiger partial charge in [-0.2, -0.15) is 13.2 Å². The van der Waals surface area contributed by atoms with Crippen LogP contribution >= 0.6 is 26.6 Å². The van der Waals surface area contributed by atoms with Crippen LogP contribution in [0.15, 0.2) is 27.6 Å². The van der Waals surface area contributed by atoms with Crippen molar-refractivity contribution < 1.29 is 21.6 Å². The van der Waals surface area contributed by atoms with E-state index in [2.05, 4.69) is 15.9 Å². The van der Waals surface area contributed by atoms with Gasteiger partial charge >= 0.3 is 6.18 Å². The second-order valence-electron chi connectivity index (χ2n) is 2.61. The third kappa shape index (κ3) is 3.35. The third-order valence-electron chi connectivity index (χ3n) is 1.48. The average Bonchev–Trinajstić information content (AvgIpc) is 1.99. The van der Waals surface area contributed by atoms with Crippen molar-refractivity contribution in [3.05, 3.63) is 28.2 Å². The molecule has 0 fully saturated rings. The highest BCUT2D eigenvalue weighted by Crippen LogP contribution is 2.33. The van der Waals surface area contributed by atoms with Crippen molar-refractivity contribution in [1.82, 2.24) is 0 Å². The lowest BCUT2D eigenvalue weighted by atomic mass is 10.2. The molecule has 0 bridgehead atoms. The average molecular weight is 324 g/mol. The summed E-state index contributed by atoms with van der Waals surface area (Å²) in [6.45, 7) is 0. The summed E-state index contributed by atoms with van der Waals surface area (Å²) in [4.78, 5) is -0.592. The SMILES string of the molecule is O=S(=O)(Cl)c1cc(Br)cc(C(F)(F)F)c1. The zero-order valence-electron chi connectivity index (χ0n) is 6.85. The molecule has 0 spiro atoms. The first kappa shape index (κ1) is 12.8. The second-order valence-corrected chi connectivity index (χ2v) is 6.09. The highest BCUT2D eigenvalue weighted by molar-refractivity contribution is 9.10. The lowest BCUT2D eigenvalue weighted by Gasteiger charge is -2.08. The summed E-state index contributed by atoms with van der Waals surface area (Å²) in [5, 5.41) is 0. The molecule has 0 heterocycles. The highest BCUT2D eigenvalue weighted by Gasteiger charge is 2.32. The zero-order valence-corrected chi connectivity index (χ0v) is 10.0. The molecule has 0 aliphatic heterocycles. The maximum atomic E-state index is 12.3. The minimum atomic E-state index is -4.61. The molecule has 0 saturated heterocycles. The molecule has 0 N–H and O–H groups in total. The lowest BCUT2D eigenvalue weighted by molar-refractivity contribution is -0.137. The quantitative estimate of drug-likeness (QED) is 0.742. The second kappa shape index (κ2) is 3.95. The van der Waals surface area contributed by atoms with E-state index in [0.717, 1.165) is 12.1 Å². The van der Waals surface area contributed by atoms with Gasteiger partial charge in [-0.1, -0.05) is 15.9 Å². The third-order valence-corrected chi connectivity index (χ3v) is 3.27. The van der Waals surface area contributed by atoms with Crippen LogP contribution in [-0.2, 0) is 15.2 Å². The molecule has 0 amide bonds. The molecule has 1 aromatic rings. The molecule has 1 rings (SSSR count). The Hall–Kier alpha value is -0.270. The van der Waals surface area contributed by atoms with Crippen LogP contribution < -0.4 is 0 Å². The topological polar surface area (TPSA) is 34.1 Å². The van der Waals surface area contributed by atoms with E-state index >= 15 is 0 Å². The minimum absolute atomic E-state index is 0.00319. The Kier molecular flexibility index (Phi) is 3.37. The van der Waals surface area contributed by atoms with Gasteiger partial charge in [-0.25, -0.2) is 8.42 Å². The van der Waals surface area contributed by atoms with Crippen molar-refractivity contribution in [1.29, 1.82) is 0 Å². The van der Waals surface area contributed by atoms with Gasteiger partial charge in [0, 0.05) is 15.2 Å². The van der Waals surface area contributed by atoms with Gasteiger partial charge in [-0.3, -0.25) is 0 Å². The van der Waals surface area contributed by atoms with Gasteiger partial charge < -0.3 is 0 Å². The number of hydrogen-bond donors (Lipinski definition) is 0. The fraction of sp³-hybridized carbons (Fsp3) is 0.143. The first-order valence-electron chi connectivity index (χ1n) is 3.43. The van der Waals surface area contributed by atoms with Crippen LogP contribution in [0.3, 0.4) is 0 Å². The zero-order chi connectivity index (χ0) is 11.9. The first-order valence-corrected chi connectivity index (χ1v) is 6.53. The molecule has 8 heteroatoms. The van der Waals surface area contributed by atoms with E-state index in [4.69, 9.17) is 10.7 Å². The summed E-state index contributed by atoms with van der Waals surface area (Å²) < 4.78 is 58.5. The van der Waals surface area contributed by atoms with E-state index in [9.17, 15) is 21.6 Å². The van der Waals surface area contributed by atoms with Gasteiger partial charge in [0.25, 0.3) is 9.05 Å². The Labute approximate surface area is 96.6 Å². The molecule has 0 unspecified atom stereocenters. The van der Waals surface area contributed by atoms with Crippen molar-refractivity contribution in [2.45, 2.75) is 11.1 Å². The van der Waals surface area contributed by atoms with Crippen molar-refractivity contribution >= 4 is 35.7 Å². The highest BCUT2D eigenvalue weighted by atomic mass is 79.9. The number of alkyl halides is 3. The van der Waals surface area contributed by atoms with Gasteiger partial charge in [-0.15, -0.1) is 0 Å². The summed E-state index contributed by atoms with van der Waals surface area (Å²) >= 11 is 2.77. The number of halogens is 5. The van der Waals surface area contributed by atoms with Gasteiger partial charge in [0.05, 0.1) is 10.5 Å². The van der Waals surface area contributed by atoms with Crippen LogP contribution in [-0.4, -0.2) is 8.42 Å². The Bertz CT molecular complexity index is 483. The molecule has 0 aromatic heterocycles. The van der Waals surface area contributed by atoms with Crippen molar-refractivity contribution in [3.63, 3.8) is 0 Å². The van der Waals surface area contributed by atoms with E-state index < -0.39 is 25.7 Å². The number of hydrogen-bond acceptors (Lipinski definition) is 2. The number of benzene rings is 1. The molecule has 2 nitrogen and oxygen atoms in total. The Morgan fingerprint density at radius 3 is 2.13 bits per heavy atom. The molecular formula is C7H3BrClF3O2S. The molecule has 0 radical (unpaired) electrons. The lowest BCUT2D eigenvalue weighted by Crippen LogP contribution is -2.06. The van der Waals surface area contributed by atoms with E-state index in [1.807, 2.05) is 0 Å². The fourth-order valence-corrected chi connectivity index (χ4v) is 2.31. The van der Waals surface area contributed by atoms with Crippen LogP contribution in [0.25, 0.3) is 0 Å². The van der Waals surface area contributed by atoms with Crippen molar-refractivity contribution in [2.75, 3.05) is 0 Å². The monoisotopic (exact) mass is 322 g/mol. The molecule has 0 aliphatic carbocycles. The Balaban J connectivity index is 3.43. The smallest absolute Gasteiger partial charge is 0.207 e. The molecular weight excluding hydrogens is 320 g/mol. The van der Waals surface area contributed by atoms with E-state index in [-0.39, 0.29) is 4.47 Å². The standard InChI is InChI=1S/C7H3BrClF3O2S/c8-5-1-4(7(10,11)12)2-6(3-5)15(9,13)14/h1-3H. The molecule has 15 heavy (non-hydrogen) atoms. The van der Waals surface area contributed by atoms with Crippen LogP contribution in [0.2, 0.25) is 0 Å². The van der Waals surface area contributed by atoms with Crippen LogP contribution in [0.5, 0.6) is 0 Å². The summed E-state index contributed by atoms with van der Waals surface area (Å²) in [6, 6.07) is 2.25. The summed E-state index contributed by atoms with van der Waals surface area (Å²) in [5.41, 5.74) is -1.07. The molecule has 0 aliphatic rings. The van der Waals surface area contributed by atoms with Gasteiger partial charge in [0.2, 0.25) is 0 Å². The van der Waals surface area contributed by atoms with Gasteiger partial charge in [-0.05, 0) is 18.2 Å². The largest absolute Gasteiger partial charge is 0.416 e. The van der Waals surface area contributed by atoms with Gasteiger partial charge in [0.15, 0.2) is 0 Å². The molecule has 1 aromatic carbocycles. The first-order chi connectivity index (χ1) is 6.60. The summed E-state index contributed by atoms with van der Waals surface area (Å²) in [5.74, 6) is 0. The predicted octanol–water partition coefficient (Wildman–Crippen LogP) is 3.40. The molecule has 84 valence electrons. The van der Waals surface area contributed by atoms with Crippen LogP contribution in [0.1, 0.15) is 5.56 Å². The number of rotatable bonds is 1. The maximum Gasteiger partial charge on any atom is 0.416 e. The summed E-state index contributed by atoms with van der Waals surface area (Å²) in [7, 11) is 0.771. The summed E-state index contributed by atoms with van der Waals surface area (Å²) in [6.07, 6.45) is -4.61. The van der Waals surface area contributed by atoms with Crippen molar-refractivity contribution in [2.24, 2.45) is 0 Å². The fourth-order valence-electron chi connectivity index (χ4n) is 0.867. The Morgan fingerprint density at radius 1 is 1.20 bits per heavy atom. The molecule has 0 atom stereocenters. The van der Waals surface area contributed by atoms with Crippen LogP contribution in [0.4, 0.5) is 13.2 Å². The van der Waals surface area contributed by atoms with E-state index in [1.54, 1.807) is 0 Å². The van der Waals surface area contributed by atoms with E-state index in [1.165, 1.54) is 0 Å². The van der Waals surface area contributed by atoms with Crippen LogP contribution in [0, 0.1) is 0 Å². The Morgan fingerprint density at radius 2 is 1.73 bits per heavy atom. The minimum Gasteiger partial charge on any atom is -0.207 e. The maximum absolute atomic E-state index is 12.3. The van der Waals surface area contributed by atoms with Gasteiger partial charge in [0.1, 0.15) is 0 Å².